The molecule has 1 aliphatic rings. The van der Waals surface area contributed by atoms with Crippen LogP contribution in [-0.2, 0) is 0 Å². The zero-order chi connectivity index (χ0) is 9.26. The number of hydrogen-bond donors (Lipinski definition) is 1. The van der Waals surface area contributed by atoms with Crippen LogP contribution in [0.25, 0.3) is 0 Å². The van der Waals surface area contributed by atoms with Crippen LogP contribution < -0.4 is 5.32 Å². The van der Waals surface area contributed by atoms with Crippen LogP contribution in [0.15, 0.2) is 18.2 Å². The Labute approximate surface area is 78.0 Å². The van der Waals surface area contributed by atoms with E-state index in [2.05, 4.69) is 5.32 Å². The van der Waals surface area contributed by atoms with Crippen molar-refractivity contribution in [1.82, 2.24) is 0 Å². The highest BCUT2D eigenvalue weighted by Crippen LogP contribution is 2.29. The predicted octanol–water partition coefficient (Wildman–Crippen LogP) is 2.96. The number of benzene rings is 1. The molecule has 1 aliphatic carbocycles. The molecule has 0 spiro atoms. The summed E-state index contributed by atoms with van der Waals surface area (Å²) >= 11 is 0. The maximum absolute atomic E-state index is 13.1. The molecular formula is C11H14FN. The largest absolute Gasteiger partial charge is 0.384 e. The summed E-state index contributed by atoms with van der Waals surface area (Å²) < 4.78 is 13.1. The Kier molecular flexibility index (Phi) is 2.21. The highest BCUT2D eigenvalue weighted by molar-refractivity contribution is 5.50. The number of nitrogens with one attached hydrogen (secondary N) is 1. The Morgan fingerprint density at radius 2 is 2.23 bits per heavy atom. The molecule has 1 fully saturated rings. The molecule has 1 nitrogen and oxygen atoms in total. The van der Waals surface area contributed by atoms with E-state index in [9.17, 15) is 4.39 Å². The van der Waals surface area contributed by atoms with Crippen molar-refractivity contribution in [1.29, 1.82) is 0 Å². The van der Waals surface area contributed by atoms with E-state index in [-0.39, 0.29) is 5.82 Å². The summed E-state index contributed by atoms with van der Waals surface area (Å²) in [5, 5.41) is 3.28. The first kappa shape index (κ1) is 8.54. The lowest BCUT2D eigenvalue weighted by atomic mass is 10.2. The molecular weight excluding hydrogens is 165 g/mol. The predicted molar refractivity (Wildman–Crippen MR) is 52.4 cm³/mol. The van der Waals surface area contributed by atoms with Gasteiger partial charge in [-0.1, -0.05) is 6.07 Å². The van der Waals surface area contributed by atoms with Gasteiger partial charge in [-0.15, -0.1) is 0 Å². The summed E-state index contributed by atoms with van der Waals surface area (Å²) in [6, 6.07) is 5.18. The molecule has 0 bridgehead atoms. The van der Waals surface area contributed by atoms with Gasteiger partial charge in [0.15, 0.2) is 0 Å². The molecule has 0 heterocycles. The van der Waals surface area contributed by atoms with E-state index >= 15 is 0 Å². The second-order valence-corrected chi connectivity index (χ2v) is 3.74. The average molecular weight is 179 g/mol. The highest BCUT2D eigenvalue weighted by Gasteiger charge is 2.20. The second kappa shape index (κ2) is 3.36. The summed E-state index contributed by atoms with van der Waals surface area (Å²) in [6.45, 7) is 2.80. The maximum Gasteiger partial charge on any atom is 0.128 e. The lowest BCUT2D eigenvalue weighted by Crippen LogP contribution is -2.05. The van der Waals surface area contributed by atoms with Crippen LogP contribution in [0.4, 0.5) is 10.1 Å². The molecule has 0 amide bonds. The van der Waals surface area contributed by atoms with E-state index in [1.807, 2.05) is 13.0 Å². The molecule has 1 N–H and O–H groups in total. The van der Waals surface area contributed by atoms with Gasteiger partial charge in [0.05, 0.1) is 0 Å². The molecule has 0 aromatic heterocycles. The maximum atomic E-state index is 13.1. The topological polar surface area (TPSA) is 12.0 Å². The number of halogens is 1. The van der Waals surface area contributed by atoms with E-state index in [0.29, 0.717) is 0 Å². The van der Waals surface area contributed by atoms with Gasteiger partial charge in [0.25, 0.3) is 0 Å². The van der Waals surface area contributed by atoms with Crippen molar-refractivity contribution in [2.75, 3.05) is 11.9 Å². The van der Waals surface area contributed by atoms with Gasteiger partial charge in [-0.05, 0) is 37.8 Å². The third kappa shape index (κ3) is 2.00. The van der Waals surface area contributed by atoms with Crippen LogP contribution in [0.3, 0.4) is 0 Å². The molecule has 0 saturated heterocycles. The van der Waals surface area contributed by atoms with Gasteiger partial charge in [-0.25, -0.2) is 4.39 Å². The molecule has 1 aromatic rings. The molecule has 0 unspecified atom stereocenters. The van der Waals surface area contributed by atoms with Crippen molar-refractivity contribution >= 4 is 5.69 Å². The van der Waals surface area contributed by atoms with Crippen LogP contribution in [-0.4, -0.2) is 6.54 Å². The Morgan fingerprint density at radius 1 is 1.46 bits per heavy atom. The monoisotopic (exact) mass is 179 g/mol. The Balaban J connectivity index is 2.05. The first-order valence-electron chi connectivity index (χ1n) is 4.76. The Hall–Kier alpha value is -1.05. The van der Waals surface area contributed by atoms with Crippen molar-refractivity contribution in [2.24, 2.45) is 5.92 Å². The quantitative estimate of drug-likeness (QED) is 0.752. The number of rotatable bonds is 3. The van der Waals surface area contributed by atoms with Gasteiger partial charge in [-0.3, -0.25) is 0 Å². The van der Waals surface area contributed by atoms with Crippen LogP contribution in [0.1, 0.15) is 18.4 Å². The molecule has 1 aromatic carbocycles. The van der Waals surface area contributed by atoms with E-state index < -0.39 is 0 Å². The molecule has 2 rings (SSSR count). The fourth-order valence-corrected chi connectivity index (χ4v) is 1.38. The zero-order valence-electron chi connectivity index (χ0n) is 7.81. The van der Waals surface area contributed by atoms with E-state index in [1.165, 1.54) is 18.9 Å². The Bertz CT molecular complexity index is 305. The minimum Gasteiger partial charge on any atom is -0.384 e. The van der Waals surface area contributed by atoms with Gasteiger partial charge in [0.1, 0.15) is 5.82 Å². The molecule has 13 heavy (non-hydrogen) atoms. The second-order valence-electron chi connectivity index (χ2n) is 3.74. The normalized spacial score (nSPS) is 15.8. The molecule has 0 aliphatic heterocycles. The molecule has 0 radical (unpaired) electrons. The SMILES string of the molecule is Cc1c(F)cccc1NCC1CC1. The summed E-state index contributed by atoms with van der Waals surface area (Å²) in [7, 11) is 0. The summed E-state index contributed by atoms with van der Waals surface area (Å²) in [4.78, 5) is 0. The third-order valence-electron chi connectivity index (χ3n) is 2.55. The minimum absolute atomic E-state index is 0.124. The van der Waals surface area contributed by atoms with Crippen LogP contribution in [0.2, 0.25) is 0 Å². The fourth-order valence-electron chi connectivity index (χ4n) is 1.38. The minimum atomic E-state index is -0.124. The van der Waals surface area contributed by atoms with Gasteiger partial charge in [-0.2, -0.15) is 0 Å². The van der Waals surface area contributed by atoms with Crippen molar-refractivity contribution in [3.8, 4) is 0 Å². The van der Waals surface area contributed by atoms with Gasteiger partial charge >= 0.3 is 0 Å². The third-order valence-corrected chi connectivity index (χ3v) is 2.55. The smallest absolute Gasteiger partial charge is 0.128 e. The molecule has 1 saturated carbocycles. The average Bonchev–Trinajstić information content (AvgIpc) is 2.91. The molecule has 70 valence electrons. The first-order chi connectivity index (χ1) is 6.27. The Morgan fingerprint density at radius 3 is 2.92 bits per heavy atom. The summed E-state index contributed by atoms with van der Waals surface area (Å²) in [6.07, 6.45) is 2.64. The van der Waals surface area contributed by atoms with Crippen LogP contribution >= 0.6 is 0 Å². The van der Waals surface area contributed by atoms with Crippen molar-refractivity contribution < 1.29 is 4.39 Å². The lowest BCUT2D eigenvalue weighted by Gasteiger charge is -2.08. The summed E-state index contributed by atoms with van der Waals surface area (Å²) in [5.41, 5.74) is 1.66. The van der Waals surface area contributed by atoms with Gasteiger partial charge in [0, 0.05) is 17.8 Å². The van der Waals surface area contributed by atoms with E-state index in [1.54, 1.807) is 6.07 Å². The lowest BCUT2D eigenvalue weighted by molar-refractivity contribution is 0.619. The molecule has 2 heteroatoms. The molecule has 0 atom stereocenters. The zero-order valence-corrected chi connectivity index (χ0v) is 7.81. The van der Waals surface area contributed by atoms with Gasteiger partial charge in [0.2, 0.25) is 0 Å². The standard InChI is InChI=1S/C11H14FN/c1-8-10(12)3-2-4-11(8)13-7-9-5-6-9/h2-4,9,13H,5-7H2,1H3. The highest BCUT2D eigenvalue weighted by atomic mass is 19.1. The van der Waals surface area contributed by atoms with Gasteiger partial charge < -0.3 is 5.32 Å². The van der Waals surface area contributed by atoms with E-state index in [0.717, 1.165) is 23.7 Å². The van der Waals surface area contributed by atoms with E-state index in [4.69, 9.17) is 0 Å². The first-order valence-corrected chi connectivity index (χ1v) is 4.76. The van der Waals surface area contributed by atoms with Crippen molar-refractivity contribution in [3.63, 3.8) is 0 Å². The number of hydrogen-bond acceptors (Lipinski definition) is 1. The van der Waals surface area contributed by atoms with Crippen molar-refractivity contribution in [3.05, 3.63) is 29.6 Å². The number of anilines is 1. The summed E-state index contributed by atoms with van der Waals surface area (Å²) in [5.74, 6) is 0.698. The van der Waals surface area contributed by atoms with Crippen LogP contribution in [0.5, 0.6) is 0 Å². The van der Waals surface area contributed by atoms with Crippen LogP contribution in [0, 0.1) is 18.7 Å². The fraction of sp³-hybridized carbons (Fsp3) is 0.455. The van der Waals surface area contributed by atoms with Crippen molar-refractivity contribution in [2.45, 2.75) is 19.8 Å².